The Hall–Kier alpha value is -1.55. The third-order valence-electron chi connectivity index (χ3n) is 8.26. The van der Waals surface area contributed by atoms with Crippen molar-refractivity contribution in [3.05, 3.63) is 29.8 Å². The standard InChI is InChI=1S/C22H33N3O/c1-15-7-5-6-8-17(15)24-11-13-25(14-12-24)20(26)18-16-9-10-22(4,19(18)23)21(16,2)3/h5-8,16,18-19H,9-14,23H2,1-4H3/t16?,18?,19?,22-/m0/s1. The molecular formula is C22H33N3O. The Morgan fingerprint density at radius 1 is 1.12 bits per heavy atom. The number of nitrogens with zero attached hydrogens (tertiary/aromatic N) is 2. The summed E-state index contributed by atoms with van der Waals surface area (Å²) < 4.78 is 0. The third-order valence-corrected chi connectivity index (χ3v) is 8.26. The van der Waals surface area contributed by atoms with Crippen molar-refractivity contribution in [1.29, 1.82) is 0 Å². The topological polar surface area (TPSA) is 49.6 Å². The van der Waals surface area contributed by atoms with Crippen LogP contribution in [0.4, 0.5) is 5.69 Å². The van der Waals surface area contributed by atoms with Gasteiger partial charge in [0, 0.05) is 37.9 Å². The van der Waals surface area contributed by atoms with Gasteiger partial charge in [0.05, 0.1) is 5.92 Å². The lowest BCUT2D eigenvalue weighted by Crippen LogP contribution is -2.55. The number of carbonyl (C=O) groups is 1. The number of para-hydroxylation sites is 1. The fourth-order valence-electron chi connectivity index (χ4n) is 6.06. The Labute approximate surface area is 157 Å². The van der Waals surface area contributed by atoms with Crippen LogP contribution in [0.25, 0.3) is 0 Å². The van der Waals surface area contributed by atoms with Gasteiger partial charge in [0.1, 0.15) is 0 Å². The van der Waals surface area contributed by atoms with Crippen molar-refractivity contribution in [1.82, 2.24) is 4.90 Å². The van der Waals surface area contributed by atoms with Crippen LogP contribution in [0, 0.1) is 29.6 Å². The zero-order chi connectivity index (χ0) is 18.7. The lowest BCUT2D eigenvalue weighted by atomic mass is 9.69. The summed E-state index contributed by atoms with van der Waals surface area (Å²) in [5.74, 6) is 0.751. The molecule has 1 amide bonds. The minimum atomic E-state index is -0.00172. The van der Waals surface area contributed by atoms with E-state index in [2.05, 4.69) is 61.8 Å². The van der Waals surface area contributed by atoms with Gasteiger partial charge in [-0.15, -0.1) is 0 Å². The smallest absolute Gasteiger partial charge is 0.227 e. The summed E-state index contributed by atoms with van der Waals surface area (Å²) in [6.07, 6.45) is 2.31. The molecule has 142 valence electrons. The van der Waals surface area contributed by atoms with Crippen molar-refractivity contribution < 1.29 is 4.79 Å². The number of aryl methyl sites for hydroxylation is 1. The number of fused-ring (bicyclic) bond motifs is 2. The number of piperazine rings is 1. The molecule has 0 spiro atoms. The van der Waals surface area contributed by atoms with E-state index in [4.69, 9.17) is 5.73 Å². The summed E-state index contributed by atoms with van der Waals surface area (Å²) in [6, 6.07) is 8.51. The lowest BCUT2D eigenvalue weighted by Gasteiger charge is -2.41. The molecule has 4 atom stereocenters. The van der Waals surface area contributed by atoms with Crippen LogP contribution in [0.5, 0.6) is 0 Å². The number of rotatable bonds is 2. The molecule has 2 saturated carbocycles. The third kappa shape index (κ3) is 2.34. The van der Waals surface area contributed by atoms with Crippen molar-refractivity contribution >= 4 is 11.6 Å². The molecule has 2 aliphatic carbocycles. The Balaban J connectivity index is 1.46. The second kappa shape index (κ2) is 5.98. The maximum Gasteiger partial charge on any atom is 0.227 e. The van der Waals surface area contributed by atoms with Crippen molar-refractivity contribution in [2.45, 2.75) is 46.6 Å². The molecule has 3 fully saturated rings. The van der Waals surface area contributed by atoms with Crippen molar-refractivity contribution in [2.75, 3.05) is 31.1 Å². The van der Waals surface area contributed by atoms with Crippen molar-refractivity contribution in [2.24, 2.45) is 28.4 Å². The first-order chi connectivity index (χ1) is 12.3. The molecule has 1 saturated heterocycles. The zero-order valence-electron chi connectivity index (χ0n) is 16.7. The van der Waals surface area contributed by atoms with Gasteiger partial charge in [0.25, 0.3) is 0 Å². The van der Waals surface area contributed by atoms with Gasteiger partial charge in [-0.05, 0) is 48.1 Å². The summed E-state index contributed by atoms with van der Waals surface area (Å²) in [5, 5.41) is 0. The van der Waals surface area contributed by atoms with Gasteiger partial charge in [-0.25, -0.2) is 0 Å². The highest BCUT2D eigenvalue weighted by Crippen LogP contribution is 2.67. The molecule has 1 aromatic carbocycles. The van der Waals surface area contributed by atoms with E-state index >= 15 is 0 Å². The molecule has 4 heteroatoms. The summed E-state index contributed by atoms with van der Waals surface area (Å²) in [7, 11) is 0. The average molecular weight is 356 g/mol. The molecule has 2 bridgehead atoms. The summed E-state index contributed by atoms with van der Waals surface area (Å²) in [6.45, 7) is 12.5. The van der Waals surface area contributed by atoms with Crippen LogP contribution < -0.4 is 10.6 Å². The number of hydrogen-bond donors (Lipinski definition) is 1. The Kier molecular flexibility index (Phi) is 4.11. The fourth-order valence-corrected chi connectivity index (χ4v) is 6.06. The molecule has 0 radical (unpaired) electrons. The molecule has 0 aromatic heterocycles. The molecular weight excluding hydrogens is 322 g/mol. The molecule has 1 heterocycles. The van der Waals surface area contributed by atoms with E-state index in [0.717, 1.165) is 39.0 Å². The summed E-state index contributed by atoms with van der Waals surface area (Å²) in [5.41, 5.74) is 9.52. The predicted octanol–water partition coefficient (Wildman–Crippen LogP) is 3.04. The van der Waals surface area contributed by atoms with Crippen LogP contribution >= 0.6 is 0 Å². The highest BCUT2D eigenvalue weighted by Gasteiger charge is 2.67. The minimum Gasteiger partial charge on any atom is -0.368 e. The minimum absolute atomic E-state index is 0.00172. The lowest BCUT2D eigenvalue weighted by molar-refractivity contribution is -0.138. The number of amides is 1. The SMILES string of the molecule is Cc1ccccc1N1CCN(C(=O)C2C3CC[C@@](C)(C2N)C3(C)C)CC1. The monoisotopic (exact) mass is 355 g/mol. The molecule has 1 aromatic rings. The van der Waals surface area contributed by atoms with Gasteiger partial charge in [-0.3, -0.25) is 4.79 Å². The Morgan fingerprint density at radius 2 is 1.77 bits per heavy atom. The highest BCUT2D eigenvalue weighted by atomic mass is 16.2. The van der Waals surface area contributed by atoms with E-state index in [1.165, 1.54) is 11.3 Å². The molecule has 1 aliphatic heterocycles. The summed E-state index contributed by atoms with van der Waals surface area (Å²) >= 11 is 0. The van der Waals surface area contributed by atoms with Gasteiger partial charge < -0.3 is 15.5 Å². The van der Waals surface area contributed by atoms with E-state index in [9.17, 15) is 4.79 Å². The molecule has 4 rings (SSSR count). The number of benzene rings is 1. The van der Waals surface area contributed by atoms with Crippen molar-refractivity contribution in [3.8, 4) is 0 Å². The Morgan fingerprint density at radius 3 is 2.35 bits per heavy atom. The van der Waals surface area contributed by atoms with Crippen LogP contribution in [0.15, 0.2) is 24.3 Å². The molecule has 3 aliphatic rings. The molecule has 4 nitrogen and oxygen atoms in total. The first kappa shape index (κ1) is 17.8. The molecule has 2 N–H and O–H groups in total. The maximum atomic E-state index is 13.4. The second-order valence-electron chi connectivity index (χ2n) is 9.43. The first-order valence-electron chi connectivity index (χ1n) is 10.1. The fraction of sp³-hybridized carbons (Fsp3) is 0.682. The van der Waals surface area contributed by atoms with Gasteiger partial charge in [-0.2, -0.15) is 0 Å². The van der Waals surface area contributed by atoms with Crippen LogP contribution in [-0.2, 0) is 4.79 Å². The van der Waals surface area contributed by atoms with Gasteiger partial charge >= 0.3 is 0 Å². The molecule has 26 heavy (non-hydrogen) atoms. The largest absolute Gasteiger partial charge is 0.368 e. The summed E-state index contributed by atoms with van der Waals surface area (Å²) in [4.78, 5) is 17.9. The maximum absolute atomic E-state index is 13.4. The molecule has 3 unspecified atom stereocenters. The van der Waals surface area contributed by atoms with E-state index < -0.39 is 0 Å². The van der Waals surface area contributed by atoms with Crippen LogP contribution in [-0.4, -0.2) is 43.0 Å². The number of nitrogens with two attached hydrogens (primary N) is 1. The van der Waals surface area contributed by atoms with Gasteiger partial charge in [0.15, 0.2) is 0 Å². The predicted molar refractivity (Wildman–Crippen MR) is 106 cm³/mol. The van der Waals surface area contributed by atoms with Crippen LogP contribution in [0.1, 0.15) is 39.2 Å². The van der Waals surface area contributed by atoms with Crippen LogP contribution in [0.2, 0.25) is 0 Å². The highest BCUT2D eigenvalue weighted by molar-refractivity contribution is 5.81. The normalized spacial score (nSPS) is 35.8. The number of carbonyl (C=O) groups excluding carboxylic acids is 1. The van der Waals surface area contributed by atoms with Crippen LogP contribution in [0.3, 0.4) is 0 Å². The first-order valence-corrected chi connectivity index (χ1v) is 10.1. The van der Waals surface area contributed by atoms with E-state index in [-0.39, 0.29) is 22.8 Å². The van der Waals surface area contributed by atoms with E-state index in [1.54, 1.807) is 0 Å². The van der Waals surface area contributed by atoms with E-state index in [1.807, 2.05) is 0 Å². The van der Waals surface area contributed by atoms with Gasteiger partial charge in [0.2, 0.25) is 5.91 Å². The number of hydrogen-bond acceptors (Lipinski definition) is 3. The van der Waals surface area contributed by atoms with Crippen molar-refractivity contribution in [3.63, 3.8) is 0 Å². The van der Waals surface area contributed by atoms with E-state index in [0.29, 0.717) is 11.8 Å². The second-order valence-corrected chi connectivity index (χ2v) is 9.43. The Bertz CT molecular complexity index is 707. The zero-order valence-corrected chi connectivity index (χ0v) is 16.7. The quantitative estimate of drug-likeness (QED) is 0.887. The van der Waals surface area contributed by atoms with Gasteiger partial charge in [-0.1, -0.05) is 39.0 Å². The average Bonchev–Trinajstić information content (AvgIpc) is 2.94. The number of anilines is 1.